The van der Waals surface area contributed by atoms with Gasteiger partial charge < -0.3 is 4.90 Å². The summed E-state index contributed by atoms with van der Waals surface area (Å²) in [5.74, 6) is 0.235. The number of rotatable bonds is 22. The van der Waals surface area contributed by atoms with Crippen LogP contribution in [0, 0.1) is 0 Å². The van der Waals surface area contributed by atoms with Crippen molar-refractivity contribution in [3.8, 4) is 11.1 Å². The highest BCUT2D eigenvalue weighted by Gasteiger charge is 2.27. The van der Waals surface area contributed by atoms with E-state index in [-0.39, 0.29) is 11.7 Å². The van der Waals surface area contributed by atoms with E-state index < -0.39 is 0 Å². The zero-order chi connectivity index (χ0) is 49.7. The molecule has 0 aromatic heterocycles. The van der Waals surface area contributed by atoms with Gasteiger partial charge >= 0.3 is 0 Å². The molecule has 0 saturated carbocycles. The third-order valence-electron chi connectivity index (χ3n) is 14.5. The third-order valence-corrected chi connectivity index (χ3v) is 14.5. The highest BCUT2D eigenvalue weighted by Crippen LogP contribution is 2.39. The molecule has 362 valence electrons. The maximum absolute atomic E-state index is 14.0. The molecule has 0 amide bonds. The Morgan fingerprint density at radius 2 is 0.611 bits per heavy atom. The average Bonchev–Trinajstić information content (AvgIpc) is 3.71. The average molecular weight is 942 g/mol. The molecule has 0 heterocycles. The van der Waals surface area contributed by atoms with E-state index >= 15 is 0 Å². The largest absolute Gasteiger partial charge is 0.311 e. The molecule has 8 aromatic carbocycles. The van der Waals surface area contributed by atoms with Gasteiger partial charge in [0.25, 0.3) is 0 Å². The van der Waals surface area contributed by atoms with Gasteiger partial charge in [0.05, 0.1) is 0 Å². The topological polar surface area (TPSA) is 20.3 Å². The number of hydrogen-bond donors (Lipinski definition) is 0. The van der Waals surface area contributed by atoms with Crippen molar-refractivity contribution in [2.24, 2.45) is 0 Å². The summed E-state index contributed by atoms with van der Waals surface area (Å²) in [6, 6.07) is 67.1. The van der Waals surface area contributed by atoms with E-state index in [1.807, 2.05) is 6.07 Å². The summed E-state index contributed by atoms with van der Waals surface area (Å²) in [6.07, 6.45) is 22.6. The van der Waals surface area contributed by atoms with Crippen LogP contribution in [0.2, 0.25) is 0 Å². The van der Waals surface area contributed by atoms with Crippen LogP contribution in [0.1, 0.15) is 162 Å². The number of benzene rings is 8. The van der Waals surface area contributed by atoms with Gasteiger partial charge in [-0.1, -0.05) is 211 Å². The van der Waals surface area contributed by atoms with E-state index in [1.165, 1.54) is 90.3 Å². The zero-order valence-corrected chi connectivity index (χ0v) is 43.0. The summed E-state index contributed by atoms with van der Waals surface area (Å²) < 4.78 is 0. The quantitative estimate of drug-likeness (QED) is 0.0498. The van der Waals surface area contributed by atoms with Gasteiger partial charge in [-0.3, -0.25) is 4.79 Å². The van der Waals surface area contributed by atoms with Crippen LogP contribution in [0.25, 0.3) is 35.4 Å². The van der Waals surface area contributed by atoms with Gasteiger partial charge in [-0.2, -0.15) is 0 Å². The fraction of sp³-hybridized carbons (Fsp3) is 0.243. The van der Waals surface area contributed by atoms with Gasteiger partial charge in [-0.15, -0.1) is 0 Å². The third kappa shape index (κ3) is 12.1. The molecule has 1 aliphatic rings. The smallest absolute Gasteiger partial charge is 0.194 e. The number of aryl methyl sites for hydroxylation is 4. The van der Waals surface area contributed by atoms with Gasteiger partial charge in [-0.05, 0) is 172 Å². The van der Waals surface area contributed by atoms with Crippen molar-refractivity contribution in [1.29, 1.82) is 0 Å². The molecule has 0 aliphatic heterocycles. The molecule has 0 fully saturated rings. The van der Waals surface area contributed by atoms with Crippen LogP contribution < -0.4 is 4.90 Å². The van der Waals surface area contributed by atoms with Crippen LogP contribution in [-0.4, -0.2) is 5.78 Å². The Bertz CT molecular complexity index is 2770. The Morgan fingerprint density at radius 3 is 0.958 bits per heavy atom. The first kappa shape index (κ1) is 49.7. The summed E-state index contributed by atoms with van der Waals surface area (Å²) in [6.45, 7) is 9.00. The number of fused-ring (bicyclic) bond motifs is 3. The summed E-state index contributed by atoms with van der Waals surface area (Å²) in [4.78, 5) is 16.4. The Balaban J connectivity index is 0.881. The van der Waals surface area contributed by atoms with E-state index in [2.05, 4.69) is 233 Å². The van der Waals surface area contributed by atoms with E-state index in [4.69, 9.17) is 0 Å². The molecule has 0 N–H and O–H groups in total. The normalized spacial score (nSPS) is 12.0. The lowest BCUT2D eigenvalue weighted by Crippen LogP contribution is -2.10. The van der Waals surface area contributed by atoms with E-state index in [0.717, 1.165) is 87.3 Å². The van der Waals surface area contributed by atoms with Gasteiger partial charge in [0.2, 0.25) is 0 Å². The van der Waals surface area contributed by atoms with E-state index in [9.17, 15) is 4.79 Å². The lowest BCUT2D eigenvalue weighted by atomic mass is 9.84. The molecular formula is C70H71NO. The first-order valence-corrected chi connectivity index (χ1v) is 27.0. The number of hydrogen-bond acceptors (Lipinski definition) is 2. The Morgan fingerprint density at radius 1 is 0.333 bits per heavy atom. The number of nitrogens with zero attached hydrogens (tertiary/aromatic N) is 1. The van der Waals surface area contributed by atoms with Gasteiger partial charge in [-0.25, -0.2) is 0 Å². The van der Waals surface area contributed by atoms with Gasteiger partial charge in [0.1, 0.15) is 0 Å². The van der Waals surface area contributed by atoms with Crippen molar-refractivity contribution in [3.63, 3.8) is 0 Å². The summed E-state index contributed by atoms with van der Waals surface area (Å²) >= 11 is 0. The minimum absolute atomic E-state index is 0.0823. The van der Waals surface area contributed by atoms with Crippen molar-refractivity contribution in [2.45, 2.75) is 111 Å². The molecule has 0 saturated heterocycles. The van der Waals surface area contributed by atoms with Crippen LogP contribution >= 0.6 is 0 Å². The fourth-order valence-corrected chi connectivity index (χ4v) is 10.2. The second kappa shape index (κ2) is 24.2. The van der Waals surface area contributed by atoms with Crippen molar-refractivity contribution >= 4 is 47.1 Å². The molecule has 2 heteroatoms. The molecule has 0 radical (unpaired) electrons. The number of anilines is 3. The van der Waals surface area contributed by atoms with Crippen LogP contribution in [0.15, 0.2) is 182 Å². The van der Waals surface area contributed by atoms with E-state index in [1.54, 1.807) is 0 Å². The first-order chi connectivity index (χ1) is 35.4. The minimum atomic E-state index is 0.0823. The Kier molecular flexibility index (Phi) is 16.7. The molecule has 2 nitrogen and oxygen atoms in total. The maximum Gasteiger partial charge on any atom is 0.194 e. The molecule has 0 unspecified atom stereocenters. The molecule has 1 aliphatic carbocycles. The van der Waals surface area contributed by atoms with Gasteiger partial charge in [0, 0.05) is 34.1 Å². The monoisotopic (exact) mass is 942 g/mol. The molecular weight excluding hydrogens is 871 g/mol. The van der Waals surface area contributed by atoms with Crippen LogP contribution in [0.4, 0.5) is 17.1 Å². The SMILES string of the molecule is CCCCc1ccc(C(c2ccc(C=Cc3ccc4c(c3)C(=O)c3cc(C=Cc5ccc(N(c6ccc(CCCC)cc6)c6ccc(CCCC)cc6)cc5)ccc3-4)cc2)c2ccc(CCCC)cc2)cc1. The highest BCUT2D eigenvalue weighted by atomic mass is 16.1. The number of carbonyl (C=O) groups excluding carboxylic acids is 1. The summed E-state index contributed by atoms with van der Waals surface area (Å²) in [5, 5.41) is 0. The Hall–Kier alpha value is -7.29. The van der Waals surface area contributed by atoms with Crippen molar-refractivity contribution in [2.75, 3.05) is 4.90 Å². The molecule has 8 aromatic rings. The zero-order valence-electron chi connectivity index (χ0n) is 43.0. The molecule has 9 rings (SSSR count). The summed E-state index contributed by atoms with van der Waals surface area (Å²) in [5.41, 5.74) is 20.7. The molecule has 0 spiro atoms. The van der Waals surface area contributed by atoms with Crippen LogP contribution in [0.5, 0.6) is 0 Å². The maximum atomic E-state index is 14.0. The summed E-state index contributed by atoms with van der Waals surface area (Å²) in [7, 11) is 0. The standard InChI is InChI=1S/C70H71NO/c1-5-9-13-51-21-35-59(36-22-51)69(60-37-23-52(24-38-60)14-10-6-2)61-39-25-55(26-40-61)17-19-57-33-47-65-66-48-34-58(50-68(66)70(72)67(65)49-57)20-18-56-31-45-64(46-32-56)71(62-41-27-53(28-42-62)15-11-7-3)63-43-29-54(30-44-63)16-12-8-4/h17-50,69H,5-16H2,1-4H3. The number of unbranched alkanes of at least 4 members (excludes halogenated alkanes) is 4. The van der Waals surface area contributed by atoms with Crippen LogP contribution in [-0.2, 0) is 25.7 Å². The highest BCUT2D eigenvalue weighted by molar-refractivity contribution is 6.22. The molecule has 0 bridgehead atoms. The fourth-order valence-electron chi connectivity index (χ4n) is 10.2. The van der Waals surface area contributed by atoms with Crippen molar-refractivity contribution in [3.05, 3.63) is 254 Å². The van der Waals surface area contributed by atoms with Crippen molar-refractivity contribution < 1.29 is 4.79 Å². The predicted octanol–water partition coefficient (Wildman–Crippen LogP) is 19.3. The lowest BCUT2D eigenvalue weighted by Gasteiger charge is -2.26. The first-order valence-electron chi connectivity index (χ1n) is 27.0. The lowest BCUT2D eigenvalue weighted by molar-refractivity contribution is 0.104. The predicted molar refractivity (Wildman–Crippen MR) is 309 cm³/mol. The molecule has 0 atom stereocenters. The van der Waals surface area contributed by atoms with Crippen LogP contribution in [0.3, 0.4) is 0 Å². The molecule has 72 heavy (non-hydrogen) atoms. The minimum Gasteiger partial charge on any atom is -0.311 e. The number of ketones is 1. The van der Waals surface area contributed by atoms with E-state index in [0.29, 0.717) is 0 Å². The number of carbonyl (C=O) groups is 1. The van der Waals surface area contributed by atoms with Crippen molar-refractivity contribution in [1.82, 2.24) is 0 Å². The Labute approximate surface area is 430 Å². The second-order valence-electron chi connectivity index (χ2n) is 19.9. The van der Waals surface area contributed by atoms with Gasteiger partial charge in [0.15, 0.2) is 5.78 Å². The second-order valence-corrected chi connectivity index (χ2v) is 19.9.